The summed E-state index contributed by atoms with van der Waals surface area (Å²) in [5.74, 6) is -2.00. The predicted octanol–water partition coefficient (Wildman–Crippen LogP) is 4.91. The highest BCUT2D eigenvalue weighted by molar-refractivity contribution is 6.10. The lowest BCUT2D eigenvalue weighted by atomic mass is 10.1. The zero-order valence-corrected chi connectivity index (χ0v) is 20.0. The smallest absolute Gasteiger partial charge is 0.341 e. The first-order valence-corrected chi connectivity index (χ1v) is 11.5. The summed E-state index contributed by atoms with van der Waals surface area (Å²) in [5.41, 5.74) is 2.11. The number of aliphatic carboxylic acids is 1. The van der Waals surface area contributed by atoms with E-state index in [0.29, 0.717) is 33.9 Å². The maximum absolute atomic E-state index is 13.1. The lowest BCUT2D eigenvalue weighted by Gasteiger charge is -2.13. The maximum atomic E-state index is 13.1. The highest BCUT2D eigenvalue weighted by atomic mass is 16.5. The number of amides is 3. The molecule has 0 atom stereocenters. The van der Waals surface area contributed by atoms with E-state index in [0.717, 1.165) is 0 Å². The summed E-state index contributed by atoms with van der Waals surface area (Å²) >= 11 is 0. The van der Waals surface area contributed by atoms with Crippen LogP contribution in [-0.4, -0.2) is 35.4 Å². The van der Waals surface area contributed by atoms with Crippen molar-refractivity contribution in [3.8, 4) is 5.75 Å². The third kappa shape index (κ3) is 7.05. The van der Waals surface area contributed by atoms with Crippen molar-refractivity contribution in [3.63, 3.8) is 0 Å². The van der Waals surface area contributed by atoms with E-state index >= 15 is 0 Å². The topological polar surface area (TPSA) is 134 Å². The Kier molecular flexibility index (Phi) is 8.10. The van der Waals surface area contributed by atoms with Gasteiger partial charge in [0.1, 0.15) is 5.75 Å². The fourth-order valence-electron chi connectivity index (χ4n) is 3.47. The molecule has 0 unspecified atom stereocenters. The van der Waals surface area contributed by atoms with Crippen LogP contribution < -0.4 is 20.7 Å². The molecule has 0 aliphatic carbocycles. The van der Waals surface area contributed by atoms with Crippen molar-refractivity contribution in [2.75, 3.05) is 22.6 Å². The number of rotatable bonds is 9. The first-order chi connectivity index (χ1) is 18.4. The molecule has 0 spiro atoms. The number of hydrogen-bond acceptors (Lipinski definition) is 5. The average molecular weight is 510 g/mol. The number of hydrogen-bond donors (Lipinski definition) is 4. The van der Waals surface area contributed by atoms with Crippen LogP contribution in [0.5, 0.6) is 5.75 Å². The summed E-state index contributed by atoms with van der Waals surface area (Å²) in [6.07, 6.45) is 0. The molecule has 0 heterocycles. The molecule has 190 valence electrons. The number of anilines is 3. The van der Waals surface area contributed by atoms with Gasteiger partial charge in [-0.15, -0.1) is 0 Å². The number of benzene rings is 4. The number of carboxylic acids is 1. The molecule has 4 aromatic rings. The van der Waals surface area contributed by atoms with Crippen molar-refractivity contribution >= 4 is 40.8 Å². The van der Waals surface area contributed by atoms with Gasteiger partial charge in [0.15, 0.2) is 6.61 Å². The standard InChI is InChI=1S/C29H23N3O6/c33-26(34)18-38-25-13-11-22(12-14-25)30-29(37)21-15-23(31-27(35)19-7-3-1-4-8-19)17-24(16-21)32-28(36)20-9-5-2-6-10-20/h1-17H,18H2,(H,30,37)(H,31,35)(H,32,36)(H,33,34). The van der Waals surface area contributed by atoms with Crippen LogP contribution in [0.1, 0.15) is 31.1 Å². The predicted molar refractivity (Wildman–Crippen MR) is 143 cm³/mol. The van der Waals surface area contributed by atoms with Gasteiger partial charge in [0.25, 0.3) is 17.7 Å². The summed E-state index contributed by atoms with van der Waals surface area (Å²) in [6, 6.07) is 27.9. The van der Waals surface area contributed by atoms with Crippen LogP contribution in [0.4, 0.5) is 17.1 Å². The third-order valence-corrected chi connectivity index (χ3v) is 5.26. The molecule has 0 aliphatic rings. The number of ether oxygens (including phenoxy) is 1. The van der Waals surface area contributed by atoms with E-state index < -0.39 is 18.5 Å². The molecule has 4 N–H and O–H groups in total. The van der Waals surface area contributed by atoms with E-state index in [4.69, 9.17) is 9.84 Å². The van der Waals surface area contributed by atoms with Gasteiger partial charge in [-0.2, -0.15) is 0 Å². The van der Waals surface area contributed by atoms with Crippen LogP contribution in [0.3, 0.4) is 0 Å². The fourth-order valence-corrected chi connectivity index (χ4v) is 3.47. The van der Waals surface area contributed by atoms with Crippen LogP contribution in [0, 0.1) is 0 Å². The molecule has 9 nitrogen and oxygen atoms in total. The first-order valence-electron chi connectivity index (χ1n) is 11.5. The van der Waals surface area contributed by atoms with Crippen molar-refractivity contribution in [2.24, 2.45) is 0 Å². The van der Waals surface area contributed by atoms with Gasteiger partial charge in [-0.25, -0.2) is 4.79 Å². The Hall–Kier alpha value is -5.44. The van der Waals surface area contributed by atoms with Crippen LogP contribution in [0.2, 0.25) is 0 Å². The summed E-state index contributed by atoms with van der Waals surface area (Å²) in [6.45, 7) is -0.481. The summed E-state index contributed by atoms with van der Waals surface area (Å²) in [5, 5.41) is 17.0. The highest BCUT2D eigenvalue weighted by Gasteiger charge is 2.14. The summed E-state index contributed by atoms with van der Waals surface area (Å²) in [7, 11) is 0. The van der Waals surface area contributed by atoms with Gasteiger partial charge in [-0.1, -0.05) is 36.4 Å². The molecule has 38 heavy (non-hydrogen) atoms. The fraction of sp³-hybridized carbons (Fsp3) is 0.0345. The lowest BCUT2D eigenvalue weighted by molar-refractivity contribution is -0.139. The molecular formula is C29H23N3O6. The van der Waals surface area contributed by atoms with Crippen molar-refractivity contribution < 1.29 is 29.0 Å². The van der Waals surface area contributed by atoms with Crippen molar-refractivity contribution in [1.82, 2.24) is 0 Å². The average Bonchev–Trinajstić information content (AvgIpc) is 2.93. The van der Waals surface area contributed by atoms with Crippen LogP contribution in [0.15, 0.2) is 103 Å². The van der Waals surface area contributed by atoms with Crippen LogP contribution in [0.25, 0.3) is 0 Å². The molecule has 0 radical (unpaired) electrons. The molecule has 0 aromatic heterocycles. The number of carbonyl (C=O) groups is 4. The second-order valence-electron chi connectivity index (χ2n) is 8.10. The SMILES string of the molecule is O=C(O)COc1ccc(NC(=O)c2cc(NC(=O)c3ccccc3)cc(NC(=O)c3ccccc3)c2)cc1. The molecule has 3 amide bonds. The van der Waals surface area contributed by atoms with Crippen molar-refractivity contribution in [3.05, 3.63) is 120 Å². The Bertz CT molecular complexity index is 1380. The summed E-state index contributed by atoms with van der Waals surface area (Å²) < 4.78 is 5.10. The molecule has 0 fully saturated rings. The largest absolute Gasteiger partial charge is 0.482 e. The van der Waals surface area contributed by atoms with Gasteiger partial charge in [0.2, 0.25) is 0 Å². The van der Waals surface area contributed by atoms with Gasteiger partial charge in [0.05, 0.1) is 0 Å². The second kappa shape index (κ2) is 12.0. The van der Waals surface area contributed by atoms with Gasteiger partial charge in [0, 0.05) is 33.8 Å². The molecule has 0 saturated heterocycles. The van der Waals surface area contributed by atoms with E-state index in [1.165, 1.54) is 24.3 Å². The van der Waals surface area contributed by atoms with Gasteiger partial charge in [-0.3, -0.25) is 14.4 Å². The monoisotopic (exact) mass is 509 g/mol. The molecule has 0 saturated carbocycles. The van der Waals surface area contributed by atoms with Crippen molar-refractivity contribution in [2.45, 2.75) is 0 Å². The molecule has 9 heteroatoms. The first kappa shape index (κ1) is 25.6. The third-order valence-electron chi connectivity index (χ3n) is 5.26. The second-order valence-corrected chi connectivity index (χ2v) is 8.10. The normalized spacial score (nSPS) is 10.2. The van der Waals surface area contributed by atoms with E-state index in [2.05, 4.69) is 16.0 Å². The van der Waals surface area contributed by atoms with Gasteiger partial charge in [-0.05, 0) is 66.7 Å². The Morgan fingerprint density at radius 1 is 0.553 bits per heavy atom. The molecule has 0 aliphatic heterocycles. The Morgan fingerprint density at radius 2 is 1.00 bits per heavy atom. The zero-order chi connectivity index (χ0) is 26.9. The Morgan fingerprint density at radius 3 is 1.47 bits per heavy atom. The summed E-state index contributed by atoms with van der Waals surface area (Å²) in [4.78, 5) is 49.2. The zero-order valence-electron chi connectivity index (χ0n) is 20.0. The van der Waals surface area contributed by atoms with E-state index in [9.17, 15) is 19.2 Å². The molecular weight excluding hydrogens is 486 g/mol. The maximum Gasteiger partial charge on any atom is 0.341 e. The lowest BCUT2D eigenvalue weighted by Crippen LogP contribution is -2.17. The van der Waals surface area contributed by atoms with Gasteiger partial charge < -0.3 is 25.8 Å². The Labute approximate surface area is 218 Å². The van der Waals surface area contributed by atoms with Crippen molar-refractivity contribution in [1.29, 1.82) is 0 Å². The Balaban J connectivity index is 1.56. The molecule has 4 rings (SSSR count). The molecule has 4 aromatic carbocycles. The van der Waals surface area contributed by atoms with Gasteiger partial charge >= 0.3 is 5.97 Å². The minimum Gasteiger partial charge on any atom is -0.482 e. The minimum atomic E-state index is -1.10. The highest BCUT2D eigenvalue weighted by Crippen LogP contribution is 2.23. The van der Waals surface area contributed by atoms with E-state index in [-0.39, 0.29) is 17.4 Å². The molecule has 0 bridgehead atoms. The quantitative estimate of drug-likeness (QED) is 0.253. The van der Waals surface area contributed by atoms with E-state index in [1.807, 2.05) is 0 Å². The number of carboxylic acid groups (broad SMARTS) is 1. The van der Waals surface area contributed by atoms with Crippen LogP contribution in [-0.2, 0) is 4.79 Å². The number of carbonyl (C=O) groups excluding carboxylic acids is 3. The minimum absolute atomic E-state index is 0.186. The van der Waals surface area contributed by atoms with E-state index in [1.54, 1.807) is 78.9 Å². The number of nitrogens with one attached hydrogen (secondary N) is 3. The van der Waals surface area contributed by atoms with Crippen LogP contribution >= 0.6 is 0 Å².